The Balaban J connectivity index is 2.62. The number of likely N-dealkylation sites (tertiary alicyclic amines) is 1. The van der Waals surface area contributed by atoms with Crippen molar-refractivity contribution in [3.63, 3.8) is 0 Å². The third-order valence-electron chi connectivity index (χ3n) is 3.58. The first kappa shape index (κ1) is 12.5. The Morgan fingerprint density at radius 3 is 2.40 bits per heavy atom. The molecule has 1 saturated heterocycles. The first-order valence-electron chi connectivity index (χ1n) is 6.19. The van der Waals surface area contributed by atoms with E-state index in [4.69, 9.17) is 5.26 Å². The third kappa shape index (κ3) is 3.21. The van der Waals surface area contributed by atoms with Crippen LogP contribution >= 0.6 is 0 Å². The molecule has 1 aliphatic heterocycles. The molecule has 1 aliphatic rings. The zero-order valence-electron chi connectivity index (χ0n) is 10.5. The lowest BCUT2D eigenvalue weighted by Gasteiger charge is -2.43. The fourth-order valence-corrected chi connectivity index (χ4v) is 2.70. The average molecular weight is 208 g/mol. The second kappa shape index (κ2) is 5.51. The highest BCUT2D eigenvalue weighted by Gasteiger charge is 2.31. The van der Waals surface area contributed by atoms with Crippen molar-refractivity contribution in [3.05, 3.63) is 0 Å². The molecule has 1 rings (SSSR count). The third-order valence-corrected chi connectivity index (χ3v) is 3.58. The first-order valence-corrected chi connectivity index (χ1v) is 6.19. The normalized spacial score (nSPS) is 28.3. The monoisotopic (exact) mass is 208 g/mol. The van der Waals surface area contributed by atoms with Crippen LogP contribution in [0.15, 0.2) is 0 Å². The maximum absolute atomic E-state index is 8.75. The minimum Gasteiger partial charge on any atom is -0.297 e. The van der Waals surface area contributed by atoms with E-state index in [2.05, 4.69) is 38.7 Å². The van der Waals surface area contributed by atoms with E-state index in [1.54, 1.807) is 0 Å². The Kier molecular flexibility index (Phi) is 4.60. The van der Waals surface area contributed by atoms with E-state index in [0.29, 0.717) is 12.0 Å². The van der Waals surface area contributed by atoms with Gasteiger partial charge in [0.1, 0.15) is 0 Å². The summed E-state index contributed by atoms with van der Waals surface area (Å²) >= 11 is 0. The fourth-order valence-electron chi connectivity index (χ4n) is 2.70. The van der Waals surface area contributed by atoms with Gasteiger partial charge in [-0.1, -0.05) is 13.8 Å². The lowest BCUT2D eigenvalue weighted by Crippen LogP contribution is -2.49. The van der Waals surface area contributed by atoms with Crippen molar-refractivity contribution in [2.75, 3.05) is 6.54 Å². The standard InChI is InChI=1S/C13H24N2/c1-10(2)13-6-5-12(7-8-14)9-15(13)11(3)4/h10-13H,5-7,9H2,1-4H3. The molecule has 0 amide bonds. The summed E-state index contributed by atoms with van der Waals surface area (Å²) in [5.41, 5.74) is 0. The topological polar surface area (TPSA) is 27.0 Å². The number of rotatable bonds is 3. The summed E-state index contributed by atoms with van der Waals surface area (Å²) in [5, 5.41) is 8.75. The average Bonchev–Trinajstić information content (AvgIpc) is 2.17. The largest absolute Gasteiger partial charge is 0.297 e. The summed E-state index contributed by atoms with van der Waals surface area (Å²) < 4.78 is 0. The van der Waals surface area contributed by atoms with E-state index >= 15 is 0 Å². The van der Waals surface area contributed by atoms with Gasteiger partial charge < -0.3 is 0 Å². The quantitative estimate of drug-likeness (QED) is 0.713. The van der Waals surface area contributed by atoms with Crippen LogP contribution in [0.5, 0.6) is 0 Å². The van der Waals surface area contributed by atoms with Crippen LogP contribution in [0.3, 0.4) is 0 Å². The molecule has 2 heteroatoms. The predicted octanol–water partition coefficient (Wildman–Crippen LogP) is 3.05. The van der Waals surface area contributed by atoms with Gasteiger partial charge in [-0.3, -0.25) is 4.90 Å². The summed E-state index contributed by atoms with van der Waals surface area (Å²) in [7, 11) is 0. The van der Waals surface area contributed by atoms with Crippen molar-refractivity contribution >= 4 is 0 Å². The van der Waals surface area contributed by atoms with E-state index in [9.17, 15) is 0 Å². The Hall–Kier alpha value is -0.550. The van der Waals surface area contributed by atoms with E-state index in [1.165, 1.54) is 12.8 Å². The molecular formula is C13H24N2. The van der Waals surface area contributed by atoms with Crippen LogP contribution in [0, 0.1) is 23.2 Å². The zero-order valence-corrected chi connectivity index (χ0v) is 10.5. The Morgan fingerprint density at radius 2 is 1.93 bits per heavy atom. The molecule has 1 heterocycles. The molecule has 1 fully saturated rings. The Labute approximate surface area is 94.3 Å². The highest BCUT2D eigenvalue weighted by Crippen LogP contribution is 2.29. The molecule has 0 aromatic heterocycles. The molecule has 2 nitrogen and oxygen atoms in total. The van der Waals surface area contributed by atoms with Crippen LogP contribution in [0.2, 0.25) is 0 Å². The van der Waals surface area contributed by atoms with Crippen LogP contribution in [-0.4, -0.2) is 23.5 Å². The van der Waals surface area contributed by atoms with Crippen molar-refractivity contribution in [1.29, 1.82) is 5.26 Å². The molecule has 86 valence electrons. The van der Waals surface area contributed by atoms with Crippen LogP contribution in [0.4, 0.5) is 0 Å². The summed E-state index contributed by atoms with van der Waals surface area (Å²) in [6.07, 6.45) is 3.23. The van der Waals surface area contributed by atoms with Gasteiger partial charge in [-0.25, -0.2) is 0 Å². The maximum Gasteiger partial charge on any atom is 0.0625 e. The van der Waals surface area contributed by atoms with Gasteiger partial charge in [0.25, 0.3) is 0 Å². The number of hydrogen-bond donors (Lipinski definition) is 0. The molecule has 0 saturated carbocycles. The van der Waals surface area contributed by atoms with Crippen molar-refractivity contribution in [2.45, 2.75) is 59.0 Å². The summed E-state index contributed by atoms with van der Waals surface area (Å²) in [6, 6.07) is 3.65. The molecule has 2 unspecified atom stereocenters. The van der Waals surface area contributed by atoms with E-state index in [-0.39, 0.29) is 0 Å². The van der Waals surface area contributed by atoms with E-state index in [0.717, 1.165) is 24.9 Å². The van der Waals surface area contributed by atoms with Crippen LogP contribution in [0.25, 0.3) is 0 Å². The van der Waals surface area contributed by atoms with Gasteiger partial charge in [0.05, 0.1) is 6.07 Å². The van der Waals surface area contributed by atoms with E-state index < -0.39 is 0 Å². The highest BCUT2D eigenvalue weighted by molar-refractivity contribution is 4.88. The molecule has 0 spiro atoms. The lowest BCUT2D eigenvalue weighted by atomic mass is 9.85. The predicted molar refractivity (Wildman–Crippen MR) is 63.4 cm³/mol. The number of nitrogens with zero attached hydrogens (tertiary/aromatic N) is 2. The SMILES string of the molecule is CC(C)C1CCC(CC#N)CN1C(C)C. The van der Waals surface area contributed by atoms with Gasteiger partial charge in [-0.15, -0.1) is 0 Å². The van der Waals surface area contributed by atoms with Crippen molar-refractivity contribution in [3.8, 4) is 6.07 Å². The number of hydrogen-bond acceptors (Lipinski definition) is 2. The zero-order chi connectivity index (χ0) is 11.4. The van der Waals surface area contributed by atoms with Gasteiger partial charge in [0.2, 0.25) is 0 Å². The molecule has 0 aromatic carbocycles. The van der Waals surface area contributed by atoms with Gasteiger partial charge >= 0.3 is 0 Å². The van der Waals surface area contributed by atoms with Gasteiger partial charge in [-0.05, 0) is 38.5 Å². The van der Waals surface area contributed by atoms with Crippen LogP contribution < -0.4 is 0 Å². The number of nitriles is 1. The molecule has 2 atom stereocenters. The van der Waals surface area contributed by atoms with Crippen LogP contribution in [-0.2, 0) is 0 Å². The molecule has 0 radical (unpaired) electrons. The first-order chi connectivity index (χ1) is 7.06. The second-order valence-electron chi connectivity index (χ2n) is 5.41. The minimum atomic E-state index is 0.604. The van der Waals surface area contributed by atoms with Gasteiger partial charge in [0.15, 0.2) is 0 Å². The minimum absolute atomic E-state index is 0.604. The number of piperidine rings is 1. The molecule has 0 aliphatic carbocycles. The van der Waals surface area contributed by atoms with Gasteiger partial charge in [-0.2, -0.15) is 5.26 Å². The lowest BCUT2D eigenvalue weighted by molar-refractivity contribution is 0.0516. The van der Waals surface area contributed by atoms with Gasteiger partial charge in [0, 0.05) is 25.0 Å². The van der Waals surface area contributed by atoms with Crippen molar-refractivity contribution in [1.82, 2.24) is 4.90 Å². The summed E-state index contributed by atoms with van der Waals surface area (Å²) in [6.45, 7) is 10.3. The molecular weight excluding hydrogens is 184 g/mol. The Morgan fingerprint density at radius 1 is 1.27 bits per heavy atom. The Bertz CT molecular complexity index is 227. The van der Waals surface area contributed by atoms with Crippen LogP contribution in [0.1, 0.15) is 47.0 Å². The van der Waals surface area contributed by atoms with Crippen molar-refractivity contribution in [2.24, 2.45) is 11.8 Å². The molecule has 15 heavy (non-hydrogen) atoms. The maximum atomic E-state index is 8.75. The molecule has 0 bridgehead atoms. The fraction of sp³-hybridized carbons (Fsp3) is 0.923. The second-order valence-corrected chi connectivity index (χ2v) is 5.41. The molecule has 0 aromatic rings. The summed E-state index contributed by atoms with van der Waals surface area (Å²) in [4.78, 5) is 2.59. The van der Waals surface area contributed by atoms with Crippen molar-refractivity contribution < 1.29 is 0 Å². The van der Waals surface area contributed by atoms with E-state index in [1.807, 2.05) is 0 Å². The summed E-state index contributed by atoms with van der Waals surface area (Å²) in [5.74, 6) is 1.34. The smallest absolute Gasteiger partial charge is 0.0625 e. The molecule has 0 N–H and O–H groups in total. The highest BCUT2D eigenvalue weighted by atomic mass is 15.2.